The van der Waals surface area contributed by atoms with Gasteiger partial charge in [0.25, 0.3) is 0 Å². The molecule has 0 saturated heterocycles. The number of carbonyl (C=O) groups excluding carboxylic acids is 1. The number of halogens is 1. The first-order valence-corrected chi connectivity index (χ1v) is 4.45. The average Bonchev–Trinajstić information content (AvgIpc) is 2.31. The zero-order valence-electron chi connectivity index (χ0n) is 5.63. The maximum atomic E-state index is 11.0. The van der Waals surface area contributed by atoms with Crippen LogP contribution in [0.25, 0.3) is 0 Å². The minimum atomic E-state index is 0.188. The molecule has 1 heterocycles. The van der Waals surface area contributed by atoms with Crippen molar-refractivity contribution < 1.29 is 4.79 Å². The third kappa shape index (κ3) is 1.17. The predicted octanol–water partition coefficient (Wildman–Crippen LogP) is 2.51. The first-order valence-electron chi connectivity index (χ1n) is 3.25. The second-order valence-corrected chi connectivity index (χ2v) is 3.87. The summed E-state index contributed by atoms with van der Waals surface area (Å²) < 4.78 is 0. The lowest BCUT2D eigenvalue weighted by Crippen LogP contribution is -1.87. The van der Waals surface area contributed by atoms with Gasteiger partial charge in [0, 0.05) is 16.3 Å². The van der Waals surface area contributed by atoms with Crippen molar-refractivity contribution in [3.8, 4) is 0 Å². The Morgan fingerprint density at radius 3 is 3.00 bits per heavy atom. The smallest absolute Gasteiger partial charge is 0.198 e. The fourth-order valence-electron chi connectivity index (χ4n) is 1.11. The van der Waals surface area contributed by atoms with Crippen molar-refractivity contribution in [2.24, 2.45) is 0 Å². The van der Waals surface area contributed by atoms with Gasteiger partial charge in [0.05, 0.1) is 0 Å². The SMILES string of the molecule is O=C1Cc2c(Cl)cccc2S1. The molecule has 0 saturated carbocycles. The van der Waals surface area contributed by atoms with E-state index in [0.717, 1.165) is 10.5 Å². The number of carbonyl (C=O) groups is 1. The summed E-state index contributed by atoms with van der Waals surface area (Å²) in [6.45, 7) is 0. The molecule has 0 aromatic heterocycles. The van der Waals surface area contributed by atoms with Crippen molar-refractivity contribution in [2.75, 3.05) is 0 Å². The van der Waals surface area contributed by atoms with E-state index in [1.54, 1.807) is 0 Å². The van der Waals surface area contributed by atoms with Gasteiger partial charge in [0.2, 0.25) is 0 Å². The molecule has 3 heteroatoms. The predicted molar refractivity (Wildman–Crippen MR) is 46.0 cm³/mol. The van der Waals surface area contributed by atoms with Gasteiger partial charge in [-0.2, -0.15) is 0 Å². The van der Waals surface area contributed by atoms with Gasteiger partial charge < -0.3 is 0 Å². The summed E-state index contributed by atoms with van der Waals surface area (Å²) in [6, 6.07) is 5.61. The number of benzene rings is 1. The fourth-order valence-corrected chi connectivity index (χ4v) is 2.32. The van der Waals surface area contributed by atoms with E-state index < -0.39 is 0 Å². The molecule has 0 N–H and O–H groups in total. The van der Waals surface area contributed by atoms with Crippen LogP contribution < -0.4 is 0 Å². The van der Waals surface area contributed by atoms with Crippen LogP contribution in [-0.2, 0) is 11.2 Å². The average molecular weight is 185 g/mol. The van der Waals surface area contributed by atoms with Crippen LogP contribution in [0.15, 0.2) is 23.1 Å². The van der Waals surface area contributed by atoms with E-state index in [4.69, 9.17) is 11.6 Å². The van der Waals surface area contributed by atoms with Gasteiger partial charge in [-0.3, -0.25) is 4.79 Å². The molecule has 0 aliphatic carbocycles. The summed E-state index contributed by atoms with van der Waals surface area (Å²) in [7, 11) is 0. The third-order valence-corrected chi connectivity index (χ3v) is 2.95. The molecule has 0 bridgehead atoms. The summed E-state index contributed by atoms with van der Waals surface area (Å²) in [4.78, 5) is 12.0. The lowest BCUT2D eigenvalue weighted by Gasteiger charge is -1.96. The largest absolute Gasteiger partial charge is 0.286 e. The normalized spacial score (nSPS) is 15.2. The molecule has 1 aromatic carbocycles. The lowest BCUT2D eigenvalue weighted by atomic mass is 10.2. The minimum Gasteiger partial charge on any atom is -0.286 e. The van der Waals surface area contributed by atoms with Crippen molar-refractivity contribution in [3.63, 3.8) is 0 Å². The van der Waals surface area contributed by atoms with Gasteiger partial charge in [0.1, 0.15) is 0 Å². The molecular formula is C8H5ClOS. The molecule has 0 fully saturated rings. The Hall–Kier alpha value is -0.470. The van der Waals surface area contributed by atoms with Crippen LogP contribution in [0.5, 0.6) is 0 Å². The molecule has 2 rings (SSSR count). The van der Waals surface area contributed by atoms with Crippen LogP contribution in [0.2, 0.25) is 5.02 Å². The topological polar surface area (TPSA) is 17.1 Å². The summed E-state index contributed by atoms with van der Waals surface area (Å²) in [5.74, 6) is 0. The van der Waals surface area contributed by atoms with Crippen LogP contribution >= 0.6 is 23.4 Å². The molecular weight excluding hydrogens is 180 g/mol. The summed E-state index contributed by atoms with van der Waals surface area (Å²) in [6.07, 6.45) is 0.486. The van der Waals surface area contributed by atoms with Crippen molar-refractivity contribution >= 4 is 28.5 Å². The highest BCUT2D eigenvalue weighted by Gasteiger charge is 2.20. The van der Waals surface area contributed by atoms with Crippen LogP contribution in [0.4, 0.5) is 0 Å². The van der Waals surface area contributed by atoms with Crippen molar-refractivity contribution in [3.05, 3.63) is 28.8 Å². The summed E-state index contributed by atoms with van der Waals surface area (Å²) in [5.41, 5.74) is 0.990. The number of hydrogen-bond acceptors (Lipinski definition) is 2. The fraction of sp³-hybridized carbons (Fsp3) is 0.125. The van der Waals surface area contributed by atoms with E-state index in [0.29, 0.717) is 11.4 Å². The van der Waals surface area contributed by atoms with E-state index >= 15 is 0 Å². The third-order valence-electron chi connectivity index (χ3n) is 1.62. The van der Waals surface area contributed by atoms with Crippen molar-refractivity contribution in [1.82, 2.24) is 0 Å². The van der Waals surface area contributed by atoms with Gasteiger partial charge >= 0.3 is 0 Å². The summed E-state index contributed by atoms with van der Waals surface area (Å²) in [5, 5.41) is 0.897. The van der Waals surface area contributed by atoms with E-state index in [1.807, 2.05) is 18.2 Å². The quantitative estimate of drug-likeness (QED) is 0.617. The Balaban J connectivity index is 2.57. The van der Waals surface area contributed by atoms with Gasteiger partial charge in [0.15, 0.2) is 5.12 Å². The van der Waals surface area contributed by atoms with Crippen molar-refractivity contribution in [2.45, 2.75) is 11.3 Å². The molecule has 0 unspecified atom stereocenters. The number of hydrogen-bond donors (Lipinski definition) is 0. The highest BCUT2D eigenvalue weighted by Crippen LogP contribution is 2.36. The maximum Gasteiger partial charge on any atom is 0.198 e. The maximum absolute atomic E-state index is 11.0. The molecule has 0 atom stereocenters. The van der Waals surface area contributed by atoms with Gasteiger partial charge in [-0.1, -0.05) is 29.4 Å². The van der Waals surface area contributed by atoms with Gasteiger partial charge in [-0.25, -0.2) is 0 Å². The van der Waals surface area contributed by atoms with Gasteiger partial charge in [-0.15, -0.1) is 0 Å². The lowest BCUT2D eigenvalue weighted by molar-refractivity contribution is -0.110. The molecule has 1 aromatic rings. The number of thioether (sulfide) groups is 1. The van der Waals surface area contributed by atoms with Crippen LogP contribution in [-0.4, -0.2) is 5.12 Å². The molecule has 1 aliphatic rings. The molecule has 56 valence electrons. The van der Waals surface area contributed by atoms with E-state index in [9.17, 15) is 4.79 Å². The second-order valence-electron chi connectivity index (χ2n) is 2.37. The number of fused-ring (bicyclic) bond motifs is 1. The Labute approximate surface area is 73.7 Å². The molecule has 11 heavy (non-hydrogen) atoms. The molecule has 0 radical (unpaired) electrons. The first kappa shape index (κ1) is 7.19. The molecule has 1 aliphatic heterocycles. The monoisotopic (exact) mass is 184 g/mol. The zero-order chi connectivity index (χ0) is 7.84. The molecule has 0 amide bonds. The van der Waals surface area contributed by atoms with Crippen LogP contribution in [0, 0.1) is 0 Å². The second kappa shape index (κ2) is 2.54. The Morgan fingerprint density at radius 2 is 2.27 bits per heavy atom. The first-order chi connectivity index (χ1) is 5.27. The highest BCUT2D eigenvalue weighted by molar-refractivity contribution is 8.14. The Morgan fingerprint density at radius 1 is 1.45 bits per heavy atom. The van der Waals surface area contributed by atoms with Gasteiger partial charge in [-0.05, 0) is 17.7 Å². The Bertz CT molecular complexity index is 322. The van der Waals surface area contributed by atoms with Crippen LogP contribution in [0.3, 0.4) is 0 Å². The van der Waals surface area contributed by atoms with Crippen molar-refractivity contribution in [1.29, 1.82) is 0 Å². The van der Waals surface area contributed by atoms with Crippen LogP contribution in [0.1, 0.15) is 5.56 Å². The van der Waals surface area contributed by atoms with E-state index in [-0.39, 0.29) is 5.12 Å². The molecule has 1 nitrogen and oxygen atoms in total. The summed E-state index contributed by atoms with van der Waals surface area (Å²) >= 11 is 7.15. The Kier molecular flexibility index (Phi) is 1.66. The number of rotatable bonds is 0. The molecule has 0 spiro atoms. The highest BCUT2D eigenvalue weighted by atomic mass is 35.5. The van der Waals surface area contributed by atoms with E-state index in [2.05, 4.69) is 0 Å². The van der Waals surface area contributed by atoms with E-state index in [1.165, 1.54) is 11.8 Å². The minimum absolute atomic E-state index is 0.188. The standard InChI is InChI=1S/C8H5ClOS/c9-6-2-1-3-7-5(6)4-8(10)11-7/h1-3H,4H2. The zero-order valence-corrected chi connectivity index (χ0v) is 7.21.